The summed E-state index contributed by atoms with van der Waals surface area (Å²) in [5, 5.41) is 4.94. The molecule has 1 aliphatic heterocycles. The number of likely N-dealkylation sites (tertiary alicyclic amines) is 1. The number of carbonyl (C=O) groups excluding carboxylic acids is 2. The van der Waals surface area contributed by atoms with Gasteiger partial charge in [-0.25, -0.2) is 0 Å². The van der Waals surface area contributed by atoms with Crippen LogP contribution in [0, 0.1) is 0 Å². The zero-order valence-corrected chi connectivity index (χ0v) is 15.7. The molecule has 28 heavy (non-hydrogen) atoms. The average molecular weight is 370 g/mol. The van der Waals surface area contributed by atoms with E-state index in [1.807, 2.05) is 54.6 Å². The summed E-state index contributed by atoms with van der Waals surface area (Å²) in [6, 6.07) is 17.5. The lowest BCUT2D eigenvalue weighted by atomic mass is 9.82. The van der Waals surface area contributed by atoms with E-state index < -0.39 is 0 Å². The zero-order valence-electron chi connectivity index (χ0n) is 15.7. The van der Waals surface area contributed by atoms with Gasteiger partial charge in [-0.1, -0.05) is 55.0 Å². The monoisotopic (exact) mass is 370 g/mol. The second-order valence-corrected chi connectivity index (χ2v) is 7.65. The fraction of sp³-hybridized carbons (Fsp3) is 0.250. The second-order valence-electron chi connectivity index (χ2n) is 7.65. The molecule has 0 radical (unpaired) electrons. The zero-order chi connectivity index (χ0) is 19.1. The maximum absolute atomic E-state index is 13.0. The van der Waals surface area contributed by atoms with Crippen molar-refractivity contribution in [2.45, 2.75) is 19.3 Å². The third kappa shape index (κ3) is 2.81. The number of nitrogens with one attached hydrogen (secondary N) is 1. The van der Waals surface area contributed by atoms with Crippen molar-refractivity contribution in [1.29, 1.82) is 0 Å². The Hall–Kier alpha value is -2.98. The molecular weight excluding hydrogens is 348 g/mol. The molecule has 1 N–H and O–H groups in total. The number of nitrogens with zero attached hydrogens (tertiary/aromatic N) is 1. The molecule has 0 aromatic heterocycles. The topological polar surface area (TPSA) is 49.4 Å². The maximum Gasteiger partial charge on any atom is 0.238 e. The van der Waals surface area contributed by atoms with Crippen LogP contribution >= 0.6 is 0 Å². The van der Waals surface area contributed by atoms with Gasteiger partial charge in [-0.05, 0) is 43.1 Å². The van der Waals surface area contributed by atoms with Crippen molar-refractivity contribution in [3.05, 3.63) is 65.7 Å². The predicted octanol–water partition coefficient (Wildman–Crippen LogP) is 4.48. The highest BCUT2D eigenvalue weighted by molar-refractivity contribution is 6.27. The molecule has 1 amide bonds. The lowest BCUT2D eigenvalue weighted by Gasteiger charge is -2.26. The van der Waals surface area contributed by atoms with Gasteiger partial charge >= 0.3 is 0 Å². The summed E-state index contributed by atoms with van der Waals surface area (Å²) in [6.07, 6.45) is 3.58. The molecule has 4 nitrogen and oxygen atoms in total. The van der Waals surface area contributed by atoms with Crippen molar-refractivity contribution in [3.63, 3.8) is 0 Å². The van der Waals surface area contributed by atoms with Gasteiger partial charge in [0.1, 0.15) is 0 Å². The van der Waals surface area contributed by atoms with Crippen LogP contribution in [0.3, 0.4) is 0 Å². The van der Waals surface area contributed by atoms with Crippen molar-refractivity contribution in [1.82, 2.24) is 4.90 Å². The van der Waals surface area contributed by atoms with E-state index in [0.29, 0.717) is 12.1 Å². The molecule has 1 fully saturated rings. The first-order valence-electron chi connectivity index (χ1n) is 9.94. The first-order chi connectivity index (χ1) is 13.7. The minimum absolute atomic E-state index is 0.00476. The molecule has 0 saturated carbocycles. The van der Waals surface area contributed by atoms with Crippen molar-refractivity contribution in [2.24, 2.45) is 0 Å². The highest BCUT2D eigenvalue weighted by atomic mass is 16.2. The summed E-state index contributed by atoms with van der Waals surface area (Å²) in [5.74, 6) is 0.0515. The number of rotatable bonds is 3. The number of ketones is 1. The van der Waals surface area contributed by atoms with E-state index in [9.17, 15) is 9.59 Å². The quantitative estimate of drug-likeness (QED) is 0.579. The fourth-order valence-electron chi connectivity index (χ4n) is 4.50. The Kier molecular flexibility index (Phi) is 4.21. The Balaban J connectivity index is 1.54. The number of benzene rings is 3. The van der Waals surface area contributed by atoms with Crippen LogP contribution in [0.15, 0.2) is 54.6 Å². The first kappa shape index (κ1) is 17.1. The molecule has 0 atom stereocenters. The maximum atomic E-state index is 13.0. The molecule has 3 aromatic carbocycles. The lowest BCUT2D eigenvalue weighted by molar-refractivity contribution is -0.117. The van der Waals surface area contributed by atoms with Gasteiger partial charge in [-0.15, -0.1) is 0 Å². The normalized spacial score (nSPS) is 16.1. The van der Waals surface area contributed by atoms with Crippen LogP contribution < -0.4 is 5.32 Å². The van der Waals surface area contributed by atoms with Gasteiger partial charge < -0.3 is 5.32 Å². The Morgan fingerprint density at radius 2 is 1.57 bits per heavy atom. The molecule has 3 aromatic rings. The lowest BCUT2D eigenvalue weighted by Crippen LogP contribution is -2.36. The molecular formula is C24H22N2O2. The summed E-state index contributed by atoms with van der Waals surface area (Å²) in [4.78, 5) is 27.8. The summed E-state index contributed by atoms with van der Waals surface area (Å²) < 4.78 is 0. The third-order valence-electron chi connectivity index (χ3n) is 5.84. The highest BCUT2D eigenvalue weighted by Gasteiger charge is 2.25. The Morgan fingerprint density at radius 3 is 2.39 bits per heavy atom. The van der Waals surface area contributed by atoms with Crippen LogP contribution in [-0.2, 0) is 4.79 Å². The summed E-state index contributed by atoms with van der Waals surface area (Å²) in [7, 11) is 0. The van der Waals surface area contributed by atoms with Crippen LogP contribution in [0.5, 0.6) is 0 Å². The van der Waals surface area contributed by atoms with Gasteiger partial charge in [0, 0.05) is 27.6 Å². The average Bonchev–Trinajstić information content (AvgIpc) is 2.73. The standard InChI is InChI=1S/C24H22N2O2/c27-22(15-26-13-4-1-5-14-26)25-21-12-11-17-16-7-2-3-8-18(16)24(28)20-10-6-9-19(21)23(17)20/h2-3,6-12H,1,4-5,13-15H2,(H,25,27). The Morgan fingerprint density at radius 1 is 0.821 bits per heavy atom. The number of amides is 1. The molecule has 1 heterocycles. The van der Waals surface area contributed by atoms with Crippen LogP contribution in [0.25, 0.3) is 21.9 Å². The number of carbonyl (C=O) groups is 2. The Labute approximate surface area is 164 Å². The largest absolute Gasteiger partial charge is 0.324 e. The van der Waals surface area contributed by atoms with E-state index in [1.165, 1.54) is 6.42 Å². The molecule has 4 heteroatoms. The van der Waals surface area contributed by atoms with Gasteiger partial charge in [0.05, 0.1) is 6.54 Å². The highest BCUT2D eigenvalue weighted by Crippen LogP contribution is 2.41. The molecule has 1 saturated heterocycles. The predicted molar refractivity (Wildman–Crippen MR) is 112 cm³/mol. The first-order valence-corrected chi connectivity index (χ1v) is 9.94. The minimum Gasteiger partial charge on any atom is -0.324 e. The van der Waals surface area contributed by atoms with E-state index in [-0.39, 0.29) is 11.7 Å². The molecule has 140 valence electrons. The fourth-order valence-corrected chi connectivity index (χ4v) is 4.50. The van der Waals surface area contributed by atoms with Crippen LogP contribution in [0.2, 0.25) is 0 Å². The Bertz CT molecular complexity index is 1100. The van der Waals surface area contributed by atoms with E-state index >= 15 is 0 Å². The van der Waals surface area contributed by atoms with Gasteiger partial charge in [-0.2, -0.15) is 0 Å². The van der Waals surface area contributed by atoms with Crippen molar-refractivity contribution in [2.75, 3.05) is 25.0 Å². The van der Waals surface area contributed by atoms with E-state index in [0.717, 1.165) is 59.1 Å². The van der Waals surface area contributed by atoms with Crippen LogP contribution in [-0.4, -0.2) is 36.2 Å². The molecule has 5 rings (SSSR count). The molecule has 0 unspecified atom stereocenters. The van der Waals surface area contributed by atoms with Gasteiger partial charge in [0.2, 0.25) is 5.91 Å². The summed E-state index contributed by atoms with van der Waals surface area (Å²) in [5.41, 5.74) is 4.23. The van der Waals surface area contributed by atoms with Crippen molar-refractivity contribution in [3.8, 4) is 11.1 Å². The smallest absolute Gasteiger partial charge is 0.238 e. The van der Waals surface area contributed by atoms with E-state index in [4.69, 9.17) is 0 Å². The van der Waals surface area contributed by atoms with Crippen LogP contribution in [0.1, 0.15) is 35.2 Å². The third-order valence-corrected chi connectivity index (χ3v) is 5.84. The van der Waals surface area contributed by atoms with Crippen molar-refractivity contribution < 1.29 is 9.59 Å². The van der Waals surface area contributed by atoms with Crippen LogP contribution in [0.4, 0.5) is 5.69 Å². The van der Waals surface area contributed by atoms with Gasteiger partial charge in [-0.3, -0.25) is 14.5 Å². The number of anilines is 1. The second kappa shape index (κ2) is 6.88. The van der Waals surface area contributed by atoms with E-state index in [2.05, 4.69) is 10.2 Å². The van der Waals surface area contributed by atoms with Gasteiger partial charge in [0.15, 0.2) is 5.78 Å². The molecule has 1 aliphatic carbocycles. The van der Waals surface area contributed by atoms with Gasteiger partial charge in [0.25, 0.3) is 0 Å². The van der Waals surface area contributed by atoms with Crippen molar-refractivity contribution >= 4 is 28.2 Å². The number of hydrogen-bond acceptors (Lipinski definition) is 3. The molecule has 0 spiro atoms. The minimum atomic E-state index is 0.00476. The SMILES string of the molecule is O=C(CN1CCCCC1)Nc1ccc2c3c(cccc13)C(=O)c1ccccc1-2. The number of piperidine rings is 1. The molecule has 0 bridgehead atoms. The summed E-state index contributed by atoms with van der Waals surface area (Å²) >= 11 is 0. The number of hydrogen-bond donors (Lipinski definition) is 1. The number of fused-ring (bicyclic) bond motifs is 2. The summed E-state index contributed by atoms with van der Waals surface area (Å²) in [6.45, 7) is 2.40. The molecule has 2 aliphatic rings. The van der Waals surface area contributed by atoms with E-state index in [1.54, 1.807) is 0 Å².